The molecule has 1 aliphatic rings. The van der Waals surface area contributed by atoms with E-state index in [0.29, 0.717) is 0 Å². The molecule has 91 valence electrons. The van der Waals surface area contributed by atoms with Gasteiger partial charge in [0, 0.05) is 36.2 Å². The maximum Gasteiger partial charge on any atom is 0.242 e. The van der Waals surface area contributed by atoms with E-state index in [1.165, 1.54) is 0 Å². The summed E-state index contributed by atoms with van der Waals surface area (Å²) in [5, 5.41) is 0. The highest BCUT2D eigenvalue weighted by Gasteiger charge is 2.42. The van der Waals surface area contributed by atoms with Crippen LogP contribution in [-0.4, -0.2) is 29.0 Å². The molecule has 1 amide bonds. The van der Waals surface area contributed by atoms with Crippen LogP contribution in [0, 0.1) is 6.07 Å². The van der Waals surface area contributed by atoms with Crippen LogP contribution < -0.4 is 16.4 Å². The van der Waals surface area contributed by atoms with Gasteiger partial charge in [-0.1, -0.05) is 0 Å². The van der Waals surface area contributed by atoms with Crippen molar-refractivity contribution in [1.29, 1.82) is 0 Å². The first-order valence-corrected chi connectivity index (χ1v) is 5.69. The van der Waals surface area contributed by atoms with Crippen molar-refractivity contribution in [2.45, 2.75) is 31.3 Å². The first-order valence-electron chi connectivity index (χ1n) is 5.69. The molecule has 5 nitrogen and oxygen atoms in total. The second-order valence-corrected chi connectivity index (χ2v) is 4.73. The Hall–Kier alpha value is -1.62. The monoisotopic (exact) mass is 233 g/mol. The third-order valence-corrected chi connectivity index (χ3v) is 3.24. The predicted molar refractivity (Wildman–Crippen MR) is 65.2 cm³/mol. The smallest absolute Gasteiger partial charge is 0.242 e. The number of amides is 1. The molecule has 1 aliphatic heterocycles. The van der Waals surface area contributed by atoms with Crippen molar-refractivity contribution in [2.75, 3.05) is 11.4 Å². The Bertz CT molecular complexity index is 404. The number of nitrogens with two attached hydrogens (primary N) is 2. The summed E-state index contributed by atoms with van der Waals surface area (Å²) in [6.07, 6.45) is 4.98. The van der Waals surface area contributed by atoms with Crippen LogP contribution in [0.15, 0.2) is 18.5 Å². The van der Waals surface area contributed by atoms with E-state index >= 15 is 0 Å². The number of carbonyl (C=O) groups excluding carboxylic acids is 1. The molecule has 1 radical (unpaired) electrons. The zero-order chi connectivity index (χ0) is 12.5. The molecule has 1 aromatic rings. The summed E-state index contributed by atoms with van der Waals surface area (Å²) < 4.78 is 0. The lowest BCUT2D eigenvalue weighted by Crippen LogP contribution is -2.65. The minimum absolute atomic E-state index is 0.389. The molecule has 0 saturated carbocycles. The lowest BCUT2D eigenvalue weighted by molar-refractivity contribution is -0.121. The average molecular weight is 233 g/mol. The van der Waals surface area contributed by atoms with Gasteiger partial charge in [0.2, 0.25) is 5.91 Å². The molecule has 0 bridgehead atoms. The van der Waals surface area contributed by atoms with Crippen molar-refractivity contribution in [2.24, 2.45) is 11.5 Å². The largest absolute Gasteiger partial charge is 0.368 e. The van der Waals surface area contributed by atoms with E-state index in [0.717, 1.165) is 25.1 Å². The number of carbonyl (C=O) groups is 1. The summed E-state index contributed by atoms with van der Waals surface area (Å²) in [5.41, 5.74) is 11.9. The van der Waals surface area contributed by atoms with E-state index in [9.17, 15) is 4.79 Å². The standard InChI is InChI=1S/C12H17N4O/c1-12(14)5-2-8-16(10(12)11(13)17)9-3-6-15-7-4-9/h3,6-7,10H,2,5,8,14H2,1H3,(H2,13,17). The summed E-state index contributed by atoms with van der Waals surface area (Å²) in [5.74, 6) is -0.389. The van der Waals surface area contributed by atoms with E-state index in [1.54, 1.807) is 12.4 Å². The Kier molecular flexibility index (Phi) is 3.02. The first kappa shape index (κ1) is 11.9. The molecular weight excluding hydrogens is 216 g/mol. The lowest BCUT2D eigenvalue weighted by Gasteiger charge is -2.45. The molecule has 4 N–H and O–H groups in total. The molecule has 1 aromatic heterocycles. The number of aromatic nitrogens is 1. The van der Waals surface area contributed by atoms with Gasteiger partial charge < -0.3 is 16.4 Å². The first-order chi connectivity index (χ1) is 8.02. The number of hydrogen-bond acceptors (Lipinski definition) is 4. The Morgan fingerprint density at radius 2 is 2.47 bits per heavy atom. The predicted octanol–water partition coefficient (Wildman–Crippen LogP) is 0.0533. The van der Waals surface area contributed by atoms with E-state index in [2.05, 4.69) is 11.1 Å². The van der Waals surface area contributed by atoms with Crippen molar-refractivity contribution in [1.82, 2.24) is 4.98 Å². The number of rotatable bonds is 2. The van der Waals surface area contributed by atoms with Crippen LogP contribution in [0.25, 0.3) is 0 Å². The fourth-order valence-corrected chi connectivity index (χ4v) is 2.48. The molecule has 2 heterocycles. The van der Waals surface area contributed by atoms with Crippen LogP contribution in [0.4, 0.5) is 5.69 Å². The van der Waals surface area contributed by atoms with Gasteiger partial charge in [-0.2, -0.15) is 0 Å². The van der Waals surface area contributed by atoms with Crippen LogP contribution in [0.2, 0.25) is 0 Å². The van der Waals surface area contributed by atoms with Gasteiger partial charge in [0.25, 0.3) is 0 Å². The second-order valence-electron chi connectivity index (χ2n) is 4.73. The van der Waals surface area contributed by atoms with Crippen LogP contribution >= 0.6 is 0 Å². The summed E-state index contributed by atoms with van der Waals surface area (Å²) in [6, 6.07) is 4.34. The zero-order valence-corrected chi connectivity index (χ0v) is 9.89. The molecule has 5 heteroatoms. The molecular formula is C12H17N4O. The maximum atomic E-state index is 11.6. The third kappa shape index (κ3) is 2.24. The second kappa shape index (κ2) is 4.33. The highest BCUT2D eigenvalue weighted by molar-refractivity contribution is 5.85. The summed E-state index contributed by atoms with van der Waals surface area (Å²) >= 11 is 0. The third-order valence-electron chi connectivity index (χ3n) is 3.24. The van der Waals surface area contributed by atoms with Crippen molar-refractivity contribution in [3.63, 3.8) is 0 Å². The van der Waals surface area contributed by atoms with Gasteiger partial charge in [0.05, 0.1) is 0 Å². The molecule has 2 atom stereocenters. The molecule has 0 aliphatic carbocycles. The van der Waals surface area contributed by atoms with Crippen LogP contribution in [0.5, 0.6) is 0 Å². The summed E-state index contributed by atoms with van der Waals surface area (Å²) in [4.78, 5) is 17.5. The SMILES string of the molecule is CC1(N)CCCN(c2[c]cncc2)C1C(N)=O. The molecule has 0 spiro atoms. The summed E-state index contributed by atoms with van der Waals surface area (Å²) in [7, 11) is 0. The minimum atomic E-state index is -0.596. The van der Waals surface area contributed by atoms with Gasteiger partial charge >= 0.3 is 0 Å². The van der Waals surface area contributed by atoms with Gasteiger partial charge in [-0.05, 0) is 25.8 Å². The van der Waals surface area contributed by atoms with Gasteiger partial charge in [0.1, 0.15) is 6.04 Å². The lowest BCUT2D eigenvalue weighted by atomic mass is 9.83. The normalized spacial score (nSPS) is 29.1. The quantitative estimate of drug-likeness (QED) is 0.756. The maximum absolute atomic E-state index is 11.6. The van der Waals surface area contributed by atoms with Crippen LogP contribution in [-0.2, 0) is 4.79 Å². The zero-order valence-electron chi connectivity index (χ0n) is 9.89. The molecule has 0 aromatic carbocycles. The minimum Gasteiger partial charge on any atom is -0.368 e. The molecule has 1 saturated heterocycles. The highest BCUT2D eigenvalue weighted by Crippen LogP contribution is 2.29. The van der Waals surface area contributed by atoms with E-state index in [1.807, 2.05) is 17.9 Å². The number of pyridine rings is 1. The molecule has 17 heavy (non-hydrogen) atoms. The van der Waals surface area contributed by atoms with Gasteiger partial charge in [0.15, 0.2) is 0 Å². The van der Waals surface area contributed by atoms with Gasteiger partial charge in [-0.15, -0.1) is 0 Å². The molecule has 2 rings (SSSR count). The highest BCUT2D eigenvalue weighted by atomic mass is 16.1. The number of anilines is 1. The molecule has 1 fully saturated rings. The van der Waals surface area contributed by atoms with Gasteiger partial charge in [-0.25, -0.2) is 0 Å². The topological polar surface area (TPSA) is 85.2 Å². The van der Waals surface area contributed by atoms with Gasteiger partial charge in [-0.3, -0.25) is 9.78 Å². The van der Waals surface area contributed by atoms with Crippen LogP contribution in [0.3, 0.4) is 0 Å². The molecule has 2 unspecified atom stereocenters. The average Bonchev–Trinajstić information content (AvgIpc) is 2.28. The van der Waals surface area contributed by atoms with Crippen molar-refractivity contribution in [3.8, 4) is 0 Å². The Balaban J connectivity index is 2.35. The number of primary amides is 1. The van der Waals surface area contributed by atoms with E-state index in [-0.39, 0.29) is 5.91 Å². The summed E-state index contributed by atoms with van der Waals surface area (Å²) in [6.45, 7) is 2.64. The number of hydrogen-bond donors (Lipinski definition) is 2. The van der Waals surface area contributed by atoms with Crippen molar-refractivity contribution in [3.05, 3.63) is 24.5 Å². The fourth-order valence-electron chi connectivity index (χ4n) is 2.48. The van der Waals surface area contributed by atoms with Crippen LogP contribution in [0.1, 0.15) is 19.8 Å². The Morgan fingerprint density at radius 1 is 1.71 bits per heavy atom. The number of piperidine rings is 1. The fraction of sp³-hybridized carbons (Fsp3) is 0.500. The van der Waals surface area contributed by atoms with Crippen molar-refractivity contribution >= 4 is 11.6 Å². The van der Waals surface area contributed by atoms with E-state index in [4.69, 9.17) is 11.5 Å². The Labute approximate surface area is 101 Å². The van der Waals surface area contributed by atoms with Crippen molar-refractivity contribution < 1.29 is 4.79 Å². The van der Waals surface area contributed by atoms with E-state index < -0.39 is 11.6 Å². The number of nitrogens with zero attached hydrogens (tertiary/aromatic N) is 2. The Morgan fingerprint density at radius 3 is 3.06 bits per heavy atom.